The third-order valence-electron chi connectivity index (χ3n) is 2.58. The second kappa shape index (κ2) is 2.95. The molecule has 0 radical (unpaired) electrons. The van der Waals surface area contributed by atoms with Crippen LogP contribution in [0, 0.1) is 12.8 Å². The van der Waals surface area contributed by atoms with E-state index in [2.05, 4.69) is 13.0 Å². The summed E-state index contributed by atoms with van der Waals surface area (Å²) in [5.74, 6) is 2.21. The number of rotatable bonds is 2. The molecule has 0 bridgehead atoms. The van der Waals surface area contributed by atoms with Gasteiger partial charge in [0, 0.05) is 11.6 Å². The van der Waals surface area contributed by atoms with Gasteiger partial charge in [0.1, 0.15) is 5.76 Å². The zero-order valence-corrected chi connectivity index (χ0v) is 8.13. The maximum atomic E-state index is 5.60. The largest absolute Gasteiger partial charge is 0.446 e. The quantitative estimate of drug-likeness (QED) is 0.754. The Labute approximate surface area is 78.4 Å². The van der Waals surface area contributed by atoms with Crippen LogP contribution >= 0.6 is 0 Å². The van der Waals surface area contributed by atoms with Crippen molar-refractivity contribution in [3.8, 4) is 0 Å². The van der Waals surface area contributed by atoms with Crippen molar-refractivity contribution in [3.05, 3.63) is 23.5 Å². The fraction of sp³-hybridized carbons (Fsp3) is 0.455. The maximum Gasteiger partial charge on any atom is 0.191 e. The molecule has 0 aromatic carbocycles. The van der Waals surface area contributed by atoms with Gasteiger partial charge in [0.15, 0.2) is 5.88 Å². The van der Waals surface area contributed by atoms with Crippen molar-refractivity contribution in [2.45, 2.75) is 26.7 Å². The van der Waals surface area contributed by atoms with Gasteiger partial charge in [-0.2, -0.15) is 0 Å². The number of nitrogens with two attached hydrogens (primary N) is 1. The van der Waals surface area contributed by atoms with E-state index in [4.69, 9.17) is 10.2 Å². The molecule has 1 saturated carbocycles. The van der Waals surface area contributed by atoms with E-state index in [0.29, 0.717) is 5.88 Å². The summed E-state index contributed by atoms with van der Waals surface area (Å²) in [4.78, 5) is 0. The topological polar surface area (TPSA) is 39.2 Å². The Morgan fingerprint density at radius 3 is 2.69 bits per heavy atom. The molecule has 0 atom stereocenters. The van der Waals surface area contributed by atoms with E-state index in [1.54, 1.807) is 0 Å². The number of anilines is 1. The van der Waals surface area contributed by atoms with Crippen molar-refractivity contribution in [3.63, 3.8) is 0 Å². The third-order valence-corrected chi connectivity index (χ3v) is 2.58. The van der Waals surface area contributed by atoms with Crippen LogP contribution in [0.1, 0.15) is 31.1 Å². The minimum Gasteiger partial charge on any atom is -0.446 e. The number of hydrogen-bond donors (Lipinski definition) is 1. The van der Waals surface area contributed by atoms with Crippen LogP contribution in [-0.4, -0.2) is 0 Å². The van der Waals surface area contributed by atoms with Crippen molar-refractivity contribution in [1.82, 2.24) is 0 Å². The predicted octanol–water partition coefficient (Wildman–Crippen LogP) is 2.98. The van der Waals surface area contributed by atoms with E-state index in [0.717, 1.165) is 11.7 Å². The van der Waals surface area contributed by atoms with E-state index in [1.807, 2.05) is 13.0 Å². The number of aryl methyl sites for hydroxylation is 1. The summed E-state index contributed by atoms with van der Waals surface area (Å²) in [6.07, 6.45) is 4.79. The van der Waals surface area contributed by atoms with Gasteiger partial charge in [0.25, 0.3) is 0 Å². The van der Waals surface area contributed by atoms with Crippen molar-refractivity contribution < 1.29 is 4.42 Å². The highest BCUT2D eigenvalue weighted by atomic mass is 16.3. The van der Waals surface area contributed by atoms with Crippen molar-refractivity contribution >= 4 is 11.5 Å². The van der Waals surface area contributed by atoms with Crippen molar-refractivity contribution in [2.75, 3.05) is 5.73 Å². The van der Waals surface area contributed by atoms with Gasteiger partial charge in [-0.1, -0.05) is 6.08 Å². The number of nitrogen functional groups attached to an aromatic ring is 1. The summed E-state index contributed by atoms with van der Waals surface area (Å²) in [6, 6.07) is 1.93. The van der Waals surface area contributed by atoms with E-state index < -0.39 is 0 Å². The highest BCUT2D eigenvalue weighted by molar-refractivity contribution is 5.71. The molecule has 2 heteroatoms. The first-order chi connectivity index (χ1) is 6.22. The monoisotopic (exact) mass is 177 g/mol. The molecule has 1 heterocycles. The molecule has 1 aromatic rings. The van der Waals surface area contributed by atoms with Gasteiger partial charge in [0.2, 0.25) is 0 Å². The highest BCUT2D eigenvalue weighted by Gasteiger charge is 2.28. The molecular weight excluding hydrogens is 162 g/mol. The Morgan fingerprint density at radius 1 is 1.62 bits per heavy atom. The van der Waals surface area contributed by atoms with Crippen LogP contribution in [0.4, 0.5) is 5.88 Å². The number of furan rings is 1. The fourth-order valence-corrected chi connectivity index (χ4v) is 1.80. The minimum absolute atomic E-state index is 0.521. The van der Waals surface area contributed by atoms with Crippen LogP contribution in [0.2, 0.25) is 0 Å². The van der Waals surface area contributed by atoms with Crippen LogP contribution in [-0.2, 0) is 0 Å². The molecule has 1 aromatic heterocycles. The molecule has 2 nitrogen and oxygen atoms in total. The second-order valence-corrected chi connectivity index (χ2v) is 3.64. The number of allylic oxidation sites excluding steroid dienone is 2. The Balaban J connectivity index is 2.37. The minimum atomic E-state index is 0.521. The van der Waals surface area contributed by atoms with Gasteiger partial charge in [-0.15, -0.1) is 0 Å². The van der Waals surface area contributed by atoms with Gasteiger partial charge in [0.05, 0.1) is 0 Å². The first-order valence-electron chi connectivity index (χ1n) is 4.75. The first-order valence-corrected chi connectivity index (χ1v) is 4.75. The molecule has 0 saturated heterocycles. The first kappa shape index (κ1) is 8.42. The molecule has 1 fully saturated rings. The lowest BCUT2D eigenvalue weighted by Gasteiger charge is -2.01. The van der Waals surface area contributed by atoms with Crippen LogP contribution in [0.3, 0.4) is 0 Å². The molecule has 0 unspecified atom stereocenters. The van der Waals surface area contributed by atoms with Crippen LogP contribution < -0.4 is 5.73 Å². The Hall–Kier alpha value is -1.18. The molecule has 70 valence electrons. The van der Waals surface area contributed by atoms with Gasteiger partial charge in [-0.25, -0.2) is 0 Å². The van der Waals surface area contributed by atoms with Gasteiger partial charge < -0.3 is 10.2 Å². The molecule has 0 spiro atoms. The second-order valence-electron chi connectivity index (χ2n) is 3.64. The lowest BCUT2D eigenvalue weighted by atomic mass is 10.0. The van der Waals surface area contributed by atoms with Crippen LogP contribution in [0.15, 0.2) is 16.6 Å². The van der Waals surface area contributed by atoms with Gasteiger partial charge >= 0.3 is 0 Å². The zero-order valence-electron chi connectivity index (χ0n) is 8.13. The average molecular weight is 177 g/mol. The molecule has 1 aliphatic carbocycles. The molecule has 1 aliphatic rings. The number of hydrogen-bond acceptors (Lipinski definition) is 2. The van der Waals surface area contributed by atoms with Gasteiger partial charge in [-0.3, -0.25) is 0 Å². The molecule has 0 aliphatic heterocycles. The van der Waals surface area contributed by atoms with E-state index in [9.17, 15) is 0 Å². The maximum absolute atomic E-state index is 5.60. The molecule has 13 heavy (non-hydrogen) atoms. The Bertz CT molecular complexity index is 345. The summed E-state index contributed by atoms with van der Waals surface area (Å²) < 4.78 is 5.31. The standard InChI is InChI=1S/C11H15NO/c1-3-9(8-4-5-8)10-6-11(12)13-7(10)2/h3,6,8H,4-5,12H2,1-2H3/b9-3-. The van der Waals surface area contributed by atoms with Crippen molar-refractivity contribution in [1.29, 1.82) is 0 Å². The summed E-state index contributed by atoms with van der Waals surface area (Å²) in [5.41, 5.74) is 8.20. The Morgan fingerprint density at radius 2 is 2.31 bits per heavy atom. The van der Waals surface area contributed by atoms with E-state index in [1.165, 1.54) is 24.0 Å². The average Bonchev–Trinajstić information content (AvgIpc) is 2.82. The Kier molecular flexibility index (Phi) is 1.91. The lowest BCUT2D eigenvalue weighted by Crippen LogP contribution is -1.86. The van der Waals surface area contributed by atoms with E-state index in [-0.39, 0.29) is 0 Å². The van der Waals surface area contributed by atoms with E-state index >= 15 is 0 Å². The molecular formula is C11H15NO. The summed E-state index contributed by atoms with van der Waals surface area (Å²) in [6.45, 7) is 4.05. The smallest absolute Gasteiger partial charge is 0.191 e. The van der Waals surface area contributed by atoms with Crippen molar-refractivity contribution in [2.24, 2.45) is 5.92 Å². The third kappa shape index (κ3) is 1.48. The SMILES string of the molecule is C/C=C(\c1cc(N)oc1C)C1CC1. The predicted molar refractivity (Wildman–Crippen MR) is 54.2 cm³/mol. The normalized spacial score (nSPS) is 17.8. The van der Waals surface area contributed by atoms with Crippen LogP contribution in [0.5, 0.6) is 0 Å². The molecule has 0 amide bonds. The zero-order chi connectivity index (χ0) is 9.42. The summed E-state index contributed by atoms with van der Waals surface area (Å²) >= 11 is 0. The molecule has 2 N–H and O–H groups in total. The fourth-order valence-electron chi connectivity index (χ4n) is 1.80. The summed E-state index contributed by atoms with van der Waals surface area (Å²) in [7, 11) is 0. The van der Waals surface area contributed by atoms with Gasteiger partial charge in [-0.05, 0) is 38.2 Å². The summed E-state index contributed by atoms with van der Waals surface area (Å²) in [5, 5.41) is 0. The van der Waals surface area contributed by atoms with Crippen LogP contribution in [0.25, 0.3) is 5.57 Å². The highest BCUT2D eigenvalue weighted by Crippen LogP contribution is 2.43. The lowest BCUT2D eigenvalue weighted by molar-refractivity contribution is 0.552. The molecule has 2 rings (SSSR count).